The molecule has 21 heavy (non-hydrogen) atoms. The number of likely N-dealkylation sites (tertiary alicyclic amines) is 1. The molecule has 1 fully saturated rings. The molecule has 0 aromatic heterocycles. The number of carbonyl (C=O) groups is 1. The quantitative estimate of drug-likeness (QED) is 0.898. The molecule has 0 spiro atoms. The number of fused-ring (bicyclic) bond motifs is 1. The monoisotopic (exact) mass is 355 g/mol. The van der Waals surface area contributed by atoms with Crippen LogP contribution in [0.4, 0.5) is 0 Å². The lowest BCUT2D eigenvalue weighted by molar-refractivity contribution is -0.145. The zero-order valence-electron chi connectivity index (χ0n) is 11.8. The minimum absolute atomic E-state index is 0.249. The lowest BCUT2D eigenvalue weighted by Crippen LogP contribution is -2.50. The van der Waals surface area contributed by atoms with Crippen LogP contribution in [0.15, 0.2) is 16.6 Å². The van der Waals surface area contributed by atoms with E-state index in [-0.39, 0.29) is 11.8 Å². The van der Waals surface area contributed by atoms with Gasteiger partial charge in [-0.2, -0.15) is 0 Å². The highest BCUT2D eigenvalue weighted by Gasteiger charge is 2.34. The van der Waals surface area contributed by atoms with Crippen molar-refractivity contribution in [1.82, 2.24) is 4.90 Å². The third kappa shape index (κ3) is 3.01. The summed E-state index contributed by atoms with van der Waals surface area (Å²) in [5.74, 6) is 0.830. The molecule has 2 aliphatic rings. The van der Waals surface area contributed by atoms with Crippen LogP contribution >= 0.6 is 15.9 Å². The highest BCUT2D eigenvalue weighted by Crippen LogP contribution is 2.37. The van der Waals surface area contributed by atoms with Gasteiger partial charge in [0.05, 0.1) is 5.92 Å². The fourth-order valence-electron chi connectivity index (χ4n) is 2.72. The van der Waals surface area contributed by atoms with Crippen molar-refractivity contribution in [2.24, 2.45) is 11.8 Å². The summed E-state index contributed by atoms with van der Waals surface area (Å²) in [6.07, 6.45) is 0. The normalized spacial score (nSPS) is 19.9. The van der Waals surface area contributed by atoms with E-state index in [1.54, 1.807) is 6.92 Å². The lowest BCUT2D eigenvalue weighted by atomic mass is 9.87. The zero-order chi connectivity index (χ0) is 15.0. The van der Waals surface area contributed by atoms with Gasteiger partial charge in [0.25, 0.3) is 0 Å². The number of aliphatic carboxylic acids is 1. The van der Waals surface area contributed by atoms with Crippen LogP contribution < -0.4 is 9.47 Å². The Labute approximate surface area is 132 Å². The minimum Gasteiger partial charge on any atom is -0.486 e. The van der Waals surface area contributed by atoms with Gasteiger partial charge in [0.2, 0.25) is 0 Å². The topological polar surface area (TPSA) is 59.0 Å². The Morgan fingerprint density at radius 3 is 2.62 bits per heavy atom. The molecule has 0 amide bonds. The van der Waals surface area contributed by atoms with Crippen molar-refractivity contribution < 1.29 is 19.4 Å². The Balaban J connectivity index is 1.63. The summed E-state index contributed by atoms with van der Waals surface area (Å²) in [7, 11) is 0. The molecule has 1 aromatic rings. The van der Waals surface area contributed by atoms with Gasteiger partial charge in [-0.15, -0.1) is 0 Å². The van der Waals surface area contributed by atoms with E-state index < -0.39 is 5.97 Å². The van der Waals surface area contributed by atoms with Crippen LogP contribution in [0, 0.1) is 11.8 Å². The van der Waals surface area contributed by atoms with Crippen LogP contribution in [0.1, 0.15) is 12.5 Å². The molecular weight excluding hydrogens is 338 g/mol. The highest BCUT2D eigenvalue weighted by molar-refractivity contribution is 9.10. The third-order valence-electron chi connectivity index (χ3n) is 4.19. The van der Waals surface area contributed by atoms with Crippen LogP contribution in [-0.4, -0.2) is 42.3 Å². The van der Waals surface area contributed by atoms with Crippen molar-refractivity contribution in [3.8, 4) is 11.5 Å². The summed E-state index contributed by atoms with van der Waals surface area (Å²) >= 11 is 3.57. The van der Waals surface area contributed by atoms with Crippen LogP contribution in [0.5, 0.6) is 11.5 Å². The van der Waals surface area contributed by atoms with E-state index in [0.29, 0.717) is 13.2 Å². The maximum atomic E-state index is 11.0. The van der Waals surface area contributed by atoms with E-state index in [1.807, 2.05) is 12.1 Å². The number of hydrogen-bond acceptors (Lipinski definition) is 4. The average Bonchev–Trinajstić information content (AvgIpc) is 2.41. The Bertz CT molecular complexity index is 557. The predicted molar refractivity (Wildman–Crippen MR) is 80.7 cm³/mol. The number of halogens is 1. The Morgan fingerprint density at radius 2 is 2.00 bits per heavy atom. The molecule has 2 aliphatic heterocycles. The number of nitrogens with zero attached hydrogens (tertiary/aromatic N) is 1. The minimum atomic E-state index is -0.708. The molecule has 1 aromatic carbocycles. The second-order valence-corrected chi connectivity index (χ2v) is 6.52. The molecule has 1 saturated heterocycles. The molecule has 0 aliphatic carbocycles. The van der Waals surface area contributed by atoms with Crippen molar-refractivity contribution >= 4 is 21.9 Å². The molecule has 3 rings (SSSR count). The predicted octanol–water partition coefficient (Wildman–Crippen LogP) is 2.37. The maximum Gasteiger partial charge on any atom is 0.306 e. The number of hydrogen-bond donors (Lipinski definition) is 1. The molecule has 6 heteroatoms. The Kier molecular flexibility index (Phi) is 4.08. The lowest BCUT2D eigenvalue weighted by Gasteiger charge is -2.41. The first-order valence-corrected chi connectivity index (χ1v) is 7.87. The first-order chi connectivity index (χ1) is 10.0. The maximum absolute atomic E-state index is 11.0. The largest absolute Gasteiger partial charge is 0.486 e. The van der Waals surface area contributed by atoms with E-state index in [0.717, 1.165) is 41.2 Å². The van der Waals surface area contributed by atoms with Gasteiger partial charge < -0.3 is 14.6 Å². The van der Waals surface area contributed by atoms with Crippen LogP contribution in [0.2, 0.25) is 0 Å². The number of carboxylic acids is 1. The van der Waals surface area contributed by atoms with E-state index in [9.17, 15) is 4.79 Å². The fraction of sp³-hybridized carbons (Fsp3) is 0.533. The molecule has 5 nitrogen and oxygen atoms in total. The van der Waals surface area contributed by atoms with Gasteiger partial charge in [0, 0.05) is 24.1 Å². The molecule has 2 heterocycles. The summed E-state index contributed by atoms with van der Waals surface area (Å²) in [4.78, 5) is 13.2. The van der Waals surface area contributed by atoms with Gasteiger partial charge in [-0.3, -0.25) is 9.69 Å². The van der Waals surface area contributed by atoms with Gasteiger partial charge >= 0.3 is 5.97 Å². The summed E-state index contributed by atoms with van der Waals surface area (Å²) < 4.78 is 12.1. The molecule has 1 unspecified atom stereocenters. The number of benzene rings is 1. The van der Waals surface area contributed by atoms with Gasteiger partial charge in [-0.1, -0.05) is 22.9 Å². The Morgan fingerprint density at radius 1 is 1.38 bits per heavy atom. The molecule has 114 valence electrons. The summed E-state index contributed by atoms with van der Waals surface area (Å²) in [5, 5.41) is 9.01. The van der Waals surface area contributed by atoms with Crippen LogP contribution in [0.25, 0.3) is 0 Å². The molecule has 1 N–H and O–H groups in total. The molecule has 1 atom stereocenters. The van der Waals surface area contributed by atoms with Crippen molar-refractivity contribution in [3.63, 3.8) is 0 Å². The zero-order valence-corrected chi connectivity index (χ0v) is 13.4. The van der Waals surface area contributed by atoms with Crippen molar-refractivity contribution in [2.75, 3.05) is 26.3 Å². The van der Waals surface area contributed by atoms with Gasteiger partial charge in [0.15, 0.2) is 11.5 Å². The Hall–Kier alpha value is -1.27. The summed E-state index contributed by atoms with van der Waals surface area (Å²) in [6.45, 7) is 5.39. The molecular formula is C15H18BrNO4. The van der Waals surface area contributed by atoms with E-state index in [2.05, 4.69) is 20.8 Å². The number of ether oxygens (including phenoxy) is 2. The van der Waals surface area contributed by atoms with Crippen LogP contribution in [0.3, 0.4) is 0 Å². The van der Waals surface area contributed by atoms with Crippen molar-refractivity contribution in [1.29, 1.82) is 0 Å². The molecule has 0 bridgehead atoms. The van der Waals surface area contributed by atoms with E-state index >= 15 is 0 Å². The summed E-state index contributed by atoms with van der Waals surface area (Å²) in [6, 6.07) is 3.95. The second kappa shape index (κ2) is 5.85. The number of rotatable bonds is 4. The highest BCUT2D eigenvalue weighted by atomic mass is 79.9. The van der Waals surface area contributed by atoms with Gasteiger partial charge in [-0.05, 0) is 23.6 Å². The van der Waals surface area contributed by atoms with E-state index in [1.165, 1.54) is 0 Å². The summed E-state index contributed by atoms with van der Waals surface area (Å²) in [5.41, 5.74) is 1.14. The second-order valence-electron chi connectivity index (χ2n) is 5.67. The molecule has 0 saturated carbocycles. The SMILES string of the molecule is CC(C(=O)O)C1CN(Cc2cc3c(cc2Br)OCCO3)C1. The van der Waals surface area contributed by atoms with E-state index in [4.69, 9.17) is 14.6 Å². The third-order valence-corrected chi connectivity index (χ3v) is 4.93. The first kappa shape index (κ1) is 14.7. The number of carboxylic acid groups (broad SMARTS) is 1. The van der Waals surface area contributed by atoms with Gasteiger partial charge in [0.1, 0.15) is 13.2 Å². The van der Waals surface area contributed by atoms with Crippen molar-refractivity contribution in [3.05, 3.63) is 22.2 Å². The smallest absolute Gasteiger partial charge is 0.306 e. The standard InChI is InChI=1S/C15H18BrNO4/c1-9(15(18)19)11-7-17(8-11)6-10-4-13-14(5-12(10)16)21-3-2-20-13/h4-5,9,11H,2-3,6-8H2,1H3,(H,18,19). The first-order valence-electron chi connectivity index (χ1n) is 7.08. The molecule has 0 radical (unpaired) electrons. The van der Waals surface area contributed by atoms with Gasteiger partial charge in [-0.25, -0.2) is 0 Å². The van der Waals surface area contributed by atoms with Crippen molar-refractivity contribution in [2.45, 2.75) is 13.5 Å². The average molecular weight is 356 g/mol. The van der Waals surface area contributed by atoms with Crippen LogP contribution in [-0.2, 0) is 11.3 Å². The fourth-order valence-corrected chi connectivity index (χ4v) is 3.17.